The van der Waals surface area contributed by atoms with Crippen LogP contribution in [0.4, 0.5) is 4.79 Å². The normalized spacial score (nSPS) is 30.7. The van der Waals surface area contributed by atoms with Gasteiger partial charge in [-0.2, -0.15) is 0 Å². The minimum absolute atomic E-state index is 0.0458. The summed E-state index contributed by atoms with van der Waals surface area (Å²) in [5, 5.41) is 0. The maximum atomic E-state index is 12.2. The number of likely N-dealkylation sites (tertiary alicyclic amines) is 1. The van der Waals surface area contributed by atoms with Crippen molar-refractivity contribution in [3.05, 3.63) is 12.2 Å². The van der Waals surface area contributed by atoms with E-state index in [4.69, 9.17) is 9.47 Å². The van der Waals surface area contributed by atoms with Crippen molar-refractivity contribution in [2.24, 2.45) is 17.3 Å². The number of piperidine rings is 1. The molecule has 1 spiro atoms. The Morgan fingerprint density at radius 1 is 1.35 bits per heavy atom. The lowest BCUT2D eigenvalue weighted by atomic mass is 9.65. The number of allylic oxidation sites excluding steroid dienone is 2. The van der Waals surface area contributed by atoms with Crippen LogP contribution < -0.4 is 0 Å². The summed E-state index contributed by atoms with van der Waals surface area (Å²) in [6.45, 7) is 8.32. The van der Waals surface area contributed by atoms with Crippen molar-refractivity contribution in [1.82, 2.24) is 4.90 Å². The molecule has 0 radical (unpaired) electrons. The number of hydrogen-bond donors (Lipinski definition) is 0. The van der Waals surface area contributed by atoms with Gasteiger partial charge in [0, 0.05) is 18.5 Å². The molecule has 1 aliphatic heterocycles. The van der Waals surface area contributed by atoms with Gasteiger partial charge >= 0.3 is 12.1 Å². The number of carbonyl (C=O) groups is 3. The van der Waals surface area contributed by atoms with Crippen LogP contribution >= 0.6 is 0 Å². The highest BCUT2D eigenvalue weighted by Gasteiger charge is 2.54. The van der Waals surface area contributed by atoms with E-state index in [0.29, 0.717) is 19.5 Å². The second-order valence-corrected chi connectivity index (χ2v) is 7.38. The smallest absolute Gasteiger partial charge is 0.410 e. The van der Waals surface area contributed by atoms with E-state index < -0.39 is 22.9 Å². The molecule has 0 aromatic carbocycles. The molecule has 1 amide bonds. The molecule has 2 aliphatic rings. The van der Waals surface area contributed by atoms with Crippen LogP contribution in [0.5, 0.6) is 0 Å². The Labute approximate surface area is 136 Å². The van der Waals surface area contributed by atoms with Gasteiger partial charge in [0.15, 0.2) is 5.78 Å². The number of ether oxygens (including phenoxy) is 2. The van der Waals surface area contributed by atoms with Gasteiger partial charge in [-0.3, -0.25) is 9.59 Å². The van der Waals surface area contributed by atoms with Crippen molar-refractivity contribution >= 4 is 17.8 Å². The summed E-state index contributed by atoms with van der Waals surface area (Å²) in [4.78, 5) is 38.0. The van der Waals surface area contributed by atoms with Crippen LogP contribution in [0.3, 0.4) is 0 Å². The zero-order valence-corrected chi connectivity index (χ0v) is 14.4. The standard InChI is InChI=1S/C17H25NO5/c1-11-10-18(15(21)23-16(2,3)4)9-8-17(11)7-6-12(19)13(17)14(20)22-5/h6-7,11,13H,8-10H2,1-5H3. The topological polar surface area (TPSA) is 72.9 Å². The van der Waals surface area contributed by atoms with Gasteiger partial charge in [0.1, 0.15) is 11.5 Å². The molecule has 3 atom stereocenters. The molecule has 1 fully saturated rings. The number of rotatable bonds is 1. The van der Waals surface area contributed by atoms with E-state index in [0.717, 1.165) is 0 Å². The van der Waals surface area contributed by atoms with E-state index in [1.807, 2.05) is 33.8 Å². The van der Waals surface area contributed by atoms with Crippen LogP contribution in [0.2, 0.25) is 0 Å². The Bertz CT molecular complexity index is 548. The third kappa shape index (κ3) is 3.26. The fourth-order valence-electron chi connectivity index (χ4n) is 3.48. The number of hydrogen-bond acceptors (Lipinski definition) is 5. The number of methoxy groups -OCH3 is 1. The maximum absolute atomic E-state index is 12.2. The summed E-state index contributed by atoms with van der Waals surface area (Å²) < 4.78 is 10.2. The van der Waals surface area contributed by atoms with Crippen LogP contribution in [0, 0.1) is 17.3 Å². The van der Waals surface area contributed by atoms with Crippen molar-refractivity contribution in [2.75, 3.05) is 20.2 Å². The molecule has 0 N–H and O–H groups in total. The molecule has 1 heterocycles. The zero-order chi connectivity index (χ0) is 17.4. The third-order valence-corrected chi connectivity index (χ3v) is 4.69. The van der Waals surface area contributed by atoms with Gasteiger partial charge in [-0.25, -0.2) is 4.79 Å². The van der Waals surface area contributed by atoms with Crippen molar-refractivity contribution in [3.63, 3.8) is 0 Å². The van der Waals surface area contributed by atoms with Crippen molar-refractivity contribution in [1.29, 1.82) is 0 Å². The summed E-state index contributed by atoms with van der Waals surface area (Å²) in [6.07, 6.45) is 3.48. The van der Waals surface area contributed by atoms with Gasteiger partial charge in [-0.15, -0.1) is 0 Å². The quantitative estimate of drug-likeness (QED) is 0.546. The van der Waals surface area contributed by atoms with Crippen LogP contribution in [0.15, 0.2) is 12.2 Å². The molecule has 3 unspecified atom stereocenters. The van der Waals surface area contributed by atoms with Crippen molar-refractivity contribution in [2.45, 2.75) is 39.7 Å². The number of carbonyl (C=O) groups excluding carboxylic acids is 3. The van der Waals surface area contributed by atoms with Crippen LogP contribution in [0.1, 0.15) is 34.1 Å². The summed E-state index contributed by atoms with van der Waals surface area (Å²) in [7, 11) is 1.29. The Balaban J connectivity index is 2.15. The lowest BCUT2D eigenvalue weighted by Crippen LogP contribution is -2.53. The molecule has 2 rings (SSSR count). The average Bonchev–Trinajstić information content (AvgIpc) is 2.77. The van der Waals surface area contributed by atoms with Gasteiger partial charge in [0.05, 0.1) is 7.11 Å². The Morgan fingerprint density at radius 3 is 2.52 bits per heavy atom. The number of ketones is 1. The summed E-state index contributed by atoms with van der Waals surface area (Å²) in [5.41, 5.74) is -1.12. The van der Waals surface area contributed by atoms with Gasteiger partial charge < -0.3 is 14.4 Å². The first-order valence-electron chi connectivity index (χ1n) is 7.89. The SMILES string of the molecule is COC(=O)C1C(=O)C=CC12CCN(C(=O)OC(C)(C)C)CC2C. The highest BCUT2D eigenvalue weighted by molar-refractivity contribution is 6.08. The fourth-order valence-corrected chi connectivity index (χ4v) is 3.48. The highest BCUT2D eigenvalue weighted by Crippen LogP contribution is 2.48. The molecule has 23 heavy (non-hydrogen) atoms. The van der Waals surface area contributed by atoms with Crippen molar-refractivity contribution < 1.29 is 23.9 Å². The molecule has 0 saturated carbocycles. The van der Waals surface area contributed by atoms with Crippen LogP contribution in [0.25, 0.3) is 0 Å². The highest BCUT2D eigenvalue weighted by atomic mass is 16.6. The number of nitrogens with zero attached hydrogens (tertiary/aromatic N) is 1. The zero-order valence-electron chi connectivity index (χ0n) is 14.4. The summed E-state index contributed by atoms with van der Waals surface area (Å²) in [5.74, 6) is -1.56. The van der Waals surface area contributed by atoms with E-state index in [9.17, 15) is 14.4 Å². The molecule has 6 heteroatoms. The molecule has 0 aromatic rings. The van der Waals surface area contributed by atoms with Gasteiger partial charge in [-0.1, -0.05) is 13.0 Å². The van der Waals surface area contributed by atoms with E-state index in [1.54, 1.807) is 4.90 Å². The summed E-state index contributed by atoms with van der Waals surface area (Å²) >= 11 is 0. The lowest BCUT2D eigenvalue weighted by Gasteiger charge is -2.45. The van der Waals surface area contributed by atoms with Crippen LogP contribution in [-0.4, -0.2) is 48.5 Å². The maximum Gasteiger partial charge on any atom is 0.410 e. The van der Waals surface area contributed by atoms with Crippen LogP contribution in [-0.2, 0) is 19.1 Å². The van der Waals surface area contributed by atoms with E-state index in [2.05, 4.69) is 0 Å². The monoisotopic (exact) mass is 323 g/mol. The number of amides is 1. The van der Waals surface area contributed by atoms with E-state index >= 15 is 0 Å². The molecular formula is C17H25NO5. The molecule has 1 saturated heterocycles. The second kappa shape index (κ2) is 5.98. The second-order valence-electron chi connectivity index (χ2n) is 7.38. The third-order valence-electron chi connectivity index (χ3n) is 4.69. The molecule has 128 valence electrons. The first-order chi connectivity index (χ1) is 10.6. The molecule has 1 aliphatic carbocycles. The summed E-state index contributed by atoms with van der Waals surface area (Å²) in [6, 6.07) is 0. The molecule has 0 aromatic heterocycles. The molecule has 0 bridgehead atoms. The minimum Gasteiger partial charge on any atom is -0.468 e. The molecular weight excluding hydrogens is 298 g/mol. The largest absolute Gasteiger partial charge is 0.468 e. The minimum atomic E-state index is -0.803. The Hall–Kier alpha value is -1.85. The first kappa shape index (κ1) is 17.5. The Morgan fingerprint density at radius 2 is 2.00 bits per heavy atom. The predicted octanol–water partition coefficient (Wildman–Crippen LogP) is 2.18. The van der Waals surface area contributed by atoms with Gasteiger partial charge in [0.25, 0.3) is 0 Å². The van der Waals surface area contributed by atoms with E-state index in [1.165, 1.54) is 13.2 Å². The van der Waals surface area contributed by atoms with E-state index in [-0.39, 0.29) is 17.8 Å². The first-order valence-corrected chi connectivity index (χ1v) is 7.89. The fraction of sp³-hybridized carbons (Fsp3) is 0.706. The van der Waals surface area contributed by atoms with Crippen molar-refractivity contribution in [3.8, 4) is 0 Å². The number of esters is 1. The lowest BCUT2D eigenvalue weighted by molar-refractivity contribution is -0.154. The predicted molar refractivity (Wildman–Crippen MR) is 83.7 cm³/mol. The molecule has 6 nitrogen and oxygen atoms in total. The Kier molecular flexibility index (Phi) is 4.55. The van der Waals surface area contributed by atoms with Gasteiger partial charge in [-0.05, 0) is 39.2 Å². The van der Waals surface area contributed by atoms with Gasteiger partial charge in [0.2, 0.25) is 0 Å². The average molecular weight is 323 g/mol.